The van der Waals surface area contributed by atoms with Crippen molar-refractivity contribution in [1.82, 2.24) is 10.2 Å². The first kappa shape index (κ1) is 11.8. The van der Waals surface area contributed by atoms with Gasteiger partial charge in [-0.15, -0.1) is 0 Å². The number of esters is 1. The standard InChI is InChI=1S/C11H9BrN2O3/c1-2-17-11(16)9-10(15)8-6(12)4-3-5-7(8)13-14-9/h3-5H,2H2,1H3,(H,13,15). The van der Waals surface area contributed by atoms with E-state index in [0.717, 1.165) is 0 Å². The molecule has 1 aromatic carbocycles. The number of rotatable bonds is 2. The molecule has 0 spiro atoms. The number of nitrogens with one attached hydrogen (secondary N) is 1. The summed E-state index contributed by atoms with van der Waals surface area (Å²) in [5.41, 5.74) is -0.103. The van der Waals surface area contributed by atoms with Gasteiger partial charge >= 0.3 is 5.97 Å². The molecule has 2 aromatic rings. The van der Waals surface area contributed by atoms with E-state index in [1.807, 2.05) is 0 Å². The van der Waals surface area contributed by atoms with Crippen molar-refractivity contribution in [2.24, 2.45) is 0 Å². The van der Waals surface area contributed by atoms with Gasteiger partial charge in [-0.3, -0.25) is 9.89 Å². The zero-order valence-electron chi connectivity index (χ0n) is 8.99. The lowest BCUT2D eigenvalue weighted by atomic mass is 10.2. The van der Waals surface area contributed by atoms with Crippen LogP contribution in [0.1, 0.15) is 17.4 Å². The van der Waals surface area contributed by atoms with Crippen LogP contribution in [0, 0.1) is 0 Å². The summed E-state index contributed by atoms with van der Waals surface area (Å²) in [6, 6.07) is 5.21. The van der Waals surface area contributed by atoms with Gasteiger partial charge in [0, 0.05) is 4.47 Å². The number of ether oxygens (including phenoxy) is 1. The highest BCUT2D eigenvalue weighted by Crippen LogP contribution is 2.18. The number of aromatic amines is 1. The molecule has 6 heteroatoms. The summed E-state index contributed by atoms with van der Waals surface area (Å²) < 4.78 is 5.38. The van der Waals surface area contributed by atoms with Crippen molar-refractivity contribution in [1.29, 1.82) is 0 Å². The average Bonchev–Trinajstić information content (AvgIpc) is 2.29. The summed E-state index contributed by atoms with van der Waals surface area (Å²) in [6.07, 6.45) is 0. The van der Waals surface area contributed by atoms with Crippen LogP contribution in [0.15, 0.2) is 27.5 Å². The molecule has 1 N–H and O–H groups in total. The highest BCUT2D eigenvalue weighted by molar-refractivity contribution is 9.10. The average molecular weight is 297 g/mol. The molecule has 0 unspecified atom stereocenters. The molecular weight excluding hydrogens is 288 g/mol. The van der Waals surface area contributed by atoms with Gasteiger partial charge in [0.05, 0.1) is 17.5 Å². The molecule has 0 saturated carbocycles. The lowest BCUT2D eigenvalue weighted by Crippen LogP contribution is -2.21. The van der Waals surface area contributed by atoms with Gasteiger partial charge in [-0.2, -0.15) is 5.10 Å². The van der Waals surface area contributed by atoms with E-state index >= 15 is 0 Å². The lowest BCUT2D eigenvalue weighted by Gasteiger charge is -2.03. The molecule has 0 aliphatic carbocycles. The van der Waals surface area contributed by atoms with Crippen molar-refractivity contribution in [2.75, 3.05) is 6.61 Å². The molecule has 1 heterocycles. The van der Waals surface area contributed by atoms with E-state index in [0.29, 0.717) is 15.4 Å². The summed E-state index contributed by atoms with van der Waals surface area (Å²) in [4.78, 5) is 23.6. The van der Waals surface area contributed by atoms with Gasteiger partial charge in [-0.05, 0) is 35.0 Å². The SMILES string of the molecule is CCOC(=O)c1n[nH]c2cccc(Br)c2c1=O. The topological polar surface area (TPSA) is 72.0 Å². The number of H-pyrrole nitrogens is 1. The third-order valence-electron chi connectivity index (χ3n) is 2.21. The Morgan fingerprint density at radius 1 is 1.53 bits per heavy atom. The van der Waals surface area contributed by atoms with E-state index in [1.165, 1.54) is 0 Å². The minimum Gasteiger partial charge on any atom is -0.461 e. The van der Waals surface area contributed by atoms with Gasteiger partial charge in [-0.1, -0.05) is 6.07 Å². The van der Waals surface area contributed by atoms with Gasteiger partial charge in [0.25, 0.3) is 0 Å². The number of hydrogen-bond acceptors (Lipinski definition) is 4. The Morgan fingerprint density at radius 3 is 3.00 bits per heavy atom. The zero-order chi connectivity index (χ0) is 12.4. The predicted octanol–water partition coefficient (Wildman–Crippen LogP) is 1.86. The summed E-state index contributed by atoms with van der Waals surface area (Å²) in [5, 5.41) is 6.79. The maximum Gasteiger partial charge on any atom is 0.362 e. The number of fused-ring (bicyclic) bond motifs is 1. The van der Waals surface area contributed by atoms with Gasteiger partial charge < -0.3 is 4.74 Å². The summed E-state index contributed by atoms with van der Waals surface area (Å²) in [6.45, 7) is 1.87. The quantitative estimate of drug-likeness (QED) is 0.859. The normalized spacial score (nSPS) is 10.5. The van der Waals surface area contributed by atoms with Crippen LogP contribution in [0.2, 0.25) is 0 Å². The Bertz CT molecular complexity index is 636. The number of hydrogen-bond donors (Lipinski definition) is 1. The molecular formula is C11H9BrN2O3. The number of benzene rings is 1. The van der Waals surface area contributed by atoms with Crippen LogP contribution in [0.4, 0.5) is 0 Å². The lowest BCUT2D eigenvalue weighted by molar-refractivity contribution is 0.0517. The molecule has 0 saturated heterocycles. The zero-order valence-corrected chi connectivity index (χ0v) is 10.6. The first-order chi connectivity index (χ1) is 8.15. The van der Waals surface area contributed by atoms with Gasteiger partial charge in [0.1, 0.15) is 0 Å². The third-order valence-corrected chi connectivity index (χ3v) is 2.87. The van der Waals surface area contributed by atoms with Crippen LogP contribution >= 0.6 is 15.9 Å². The van der Waals surface area contributed by atoms with E-state index in [9.17, 15) is 9.59 Å². The highest BCUT2D eigenvalue weighted by atomic mass is 79.9. The predicted molar refractivity (Wildman–Crippen MR) is 66.0 cm³/mol. The minimum absolute atomic E-state index is 0.202. The molecule has 0 radical (unpaired) electrons. The second kappa shape index (κ2) is 4.67. The monoisotopic (exact) mass is 296 g/mol. The van der Waals surface area contributed by atoms with Crippen molar-refractivity contribution in [3.05, 3.63) is 38.6 Å². The fraction of sp³-hybridized carbons (Fsp3) is 0.182. The van der Waals surface area contributed by atoms with E-state index in [1.54, 1.807) is 25.1 Å². The Hall–Kier alpha value is -1.69. The van der Waals surface area contributed by atoms with Crippen molar-refractivity contribution < 1.29 is 9.53 Å². The van der Waals surface area contributed by atoms with E-state index in [-0.39, 0.29) is 12.3 Å². The number of halogens is 1. The number of aromatic nitrogens is 2. The first-order valence-electron chi connectivity index (χ1n) is 4.99. The molecule has 88 valence electrons. The molecule has 0 fully saturated rings. The smallest absolute Gasteiger partial charge is 0.362 e. The molecule has 5 nitrogen and oxygen atoms in total. The summed E-state index contributed by atoms with van der Waals surface area (Å²) in [5.74, 6) is -0.716. The molecule has 2 rings (SSSR count). The summed E-state index contributed by atoms with van der Waals surface area (Å²) in [7, 11) is 0. The number of carbonyl (C=O) groups excluding carboxylic acids is 1. The molecule has 1 aromatic heterocycles. The maximum atomic E-state index is 12.1. The van der Waals surface area contributed by atoms with Crippen molar-refractivity contribution in [3.63, 3.8) is 0 Å². The van der Waals surface area contributed by atoms with Crippen LogP contribution < -0.4 is 5.43 Å². The Balaban J connectivity index is 2.69. The largest absolute Gasteiger partial charge is 0.461 e. The first-order valence-corrected chi connectivity index (χ1v) is 5.78. The third kappa shape index (κ3) is 2.08. The molecule has 0 aliphatic heterocycles. The van der Waals surface area contributed by atoms with Crippen molar-refractivity contribution >= 4 is 32.8 Å². The maximum absolute atomic E-state index is 12.1. The Morgan fingerprint density at radius 2 is 2.29 bits per heavy atom. The van der Waals surface area contributed by atoms with E-state index < -0.39 is 11.4 Å². The minimum atomic E-state index is -0.716. The van der Waals surface area contributed by atoms with E-state index in [2.05, 4.69) is 26.1 Å². The van der Waals surface area contributed by atoms with E-state index in [4.69, 9.17) is 4.74 Å². The van der Waals surface area contributed by atoms with Crippen LogP contribution in [0.25, 0.3) is 10.9 Å². The van der Waals surface area contributed by atoms with Crippen LogP contribution in [0.5, 0.6) is 0 Å². The molecule has 0 aliphatic rings. The van der Waals surface area contributed by atoms with Gasteiger partial charge in [0.2, 0.25) is 11.1 Å². The van der Waals surface area contributed by atoms with Gasteiger partial charge in [0.15, 0.2) is 0 Å². The highest BCUT2D eigenvalue weighted by Gasteiger charge is 2.17. The van der Waals surface area contributed by atoms with Crippen LogP contribution in [-0.4, -0.2) is 22.8 Å². The Labute approximate surface area is 105 Å². The fourth-order valence-electron chi connectivity index (χ4n) is 1.47. The van der Waals surface area contributed by atoms with Gasteiger partial charge in [-0.25, -0.2) is 4.79 Å². The second-order valence-electron chi connectivity index (χ2n) is 3.28. The molecule has 17 heavy (non-hydrogen) atoms. The number of nitrogens with zero attached hydrogens (tertiary/aromatic N) is 1. The van der Waals surface area contributed by atoms with Crippen LogP contribution in [0.3, 0.4) is 0 Å². The Kier molecular flexibility index (Phi) is 3.23. The number of carbonyl (C=O) groups is 1. The molecule has 0 amide bonds. The molecule has 0 atom stereocenters. The van der Waals surface area contributed by atoms with Crippen molar-refractivity contribution in [3.8, 4) is 0 Å². The second-order valence-corrected chi connectivity index (χ2v) is 4.14. The summed E-state index contributed by atoms with van der Waals surface area (Å²) >= 11 is 3.27. The van der Waals surface area contributed by atoms with Crippen molar-refractivity contribution in [2.45, 2.75) is 6.92 Å². The van der Waals surface area contributed by atoms with Crippen LogP contribution in [-0.2, 0) is 4.74 Å². The molecule has 0 bridgehead atoms. The fourth-order valence-corrected chi connectivity index (χ4v) is 2.02.